The Labute approximate surface area is 151 Å². The van der Waals surface area contributed by atoms with E-state index in [0.29, 0.717) is 27.2 Å². The normalized spacial score (nSPS) is 10.9. The third-order valence-electron chi connectivity index (χ3n) is 3.80. The van der Waals surface area contributed by atoms with Crippen LogP contribution in [-0.4, -0.2) is 10.1 Å². The Hall–Kier alpha value is -2.76. The number of ether oxygens (including phenoxy) is 1. The lowest BCUT2D eigenvalue weighted by Gasteiger charge is -2.10. The van der Waals surface area contributed by atoms with E-state index in [9.17, 15) is 9.90 Å². The third-order valence-corrected chi connectivity index (χ3v) is 4.70. The Bertz CT molecular complexity index is 1120. The lowest BCUT2D eigenvalue weighted by atomic mass is 10.0. The molecule has 0 aliphatic rings. The first-order valence-corrected chi connectivity index (χ1v) is 8.79. The van der Waals surface area contributed by atoms with Crippen molar-refractivity contribution in [2.75, 3.05) is 0 Å². The Kier molecular flexibility index (Phi) is 3.95. The van der Waals surface area contributed by atoms with Crippen LogP contribution in [0.3, 0.4) is 0 Å². The van der Waals surface area contributed by atoms with E-state index in [-0.39, 0.29) is 16.9 Å². The van der Waals surface area contributed by atoms with Crippen LogP contribution in [0.1, 0.15) is 0 Å². The maximum absolute atomic E-state index is 12.5. The zero-order valence-corrected chi connectivity index (χ0v) is 14.4. The number of fused-ring (bicyclic) bond motifs is 1. The standard InChI is InChI=1S/C19H12ClNO3S/c20-12-4-5-15-16(9-12)21-19(23)17(18(15)22)11-2-1-3-13(8-11)24-14-6-7-25-10-14/h1-10H,(H2,21,22,23). The van der Waals surface area contributed by atoms with Gasteiger partial charge in [0.2, 0.25) is 0 Å². The van der Waals surface area contributed by atoms with Crippen LogP contribution in [0.5, 0.6) is 17.2 Å². The van der Waals surface area contributed by atoms with E-state index in [1.807, 2.05) is 16.8 Å². The van der Waals surface area contributed by atoms with Crippen molar-refractivity contribution < 1.29 is 9.84 Å². The lowest BCUT2D eigenvalue weighted by Crippen LogP contribution is -2.09. The summed E-state index contributed by atoms with van der Waals surface area (Å²) in [5.41, 5.74) is 0.873. The molecule has 124 valence electrons. The Morgan fingerprint density at radius 3 is 2.76 bits per heavy atom. The third kappa shape index (κ3) is 2.99. The summed E-state index contributed by atoms with van der Waals surface area (Å²) in [4.78, 5) is 15.3. The van der Waals surface area contributed by atoms with Crippen LogP contribution in [0.25, 0.3) is 22.0 Å². The molecule has 2 aromatic heterocycles. The maximum atomic E-state index is 12.5. The molecule has 0 saturated heterocycles. The molecule has 6 heteroatoms. The molecule has 0 amide bonds. The van der Waals surface area contributed by atoms with E-state index in [0.717, 1.165) is 5.75 Å². The number of aromatic nitrogens is 1. The van der Waals surface area contributed by atoms with E-state index in [4.69, 9.17) is 16.3 Å². The first-order chi connectivity index (χ1) is 12.1. The number of hydrogen-bond acceptors (Lipinski definition) is 4. The van der Waals surface area contributed by atoms with Crippen molar-refractivity contribution in [1.29, 1.82) is 0 Å². The lowest BCUT2D eigenvalue weighted by molar-refractivity contribution is 0.481. The van der Waals surface area contributed by atoms with Gasteiger partial charge in [-0.3, -0.25) is 4.79 Å². The SMILES string of the molecule is O=c1[nH]c2cc(Cl)ccc2c(O)c1-c1cccc(Oc2ccsc2)c1. The highest BCUT2D eigenvalue weighted by molar-refractivity contribution is 7.08. The molecule has 2 aromatic carbocycles. The first kappa shape index (κ1) is 15.7. The molecule has 0 atom stereocenters. The van der Waals surface area contributed by atoms with Crippen molar-refractivity contribution in [3.63, 3.8) is 0 Å². The monoisotopic (exact) mass is 369 g/mol. The van der Waals surface area contributed by atoms with Gasteiger partial charge < -0.3 is 14.8 Å². The molecule has 0 saturated carbocycles. The Morgan fingerprint density at radius 1 is 1.08 bits per heavy atom. The minimum Gasteiger partial charge on any atom is -0.506 e. The average Bonchev–Trinajstić information content (AvgIpc) is 3.08. The van der Waals surface area contributed by atoms with Gasteiger partial charge in [-0.05, 0) is 47.3 Å². The quantitative estimate of drug-likeness (QED) is 0.507. The van der Waals surface area contributed by atoms with Crippen molar-refractivity contribution in [3.8, 4) is 28.4 Å². The molecule has 4 nitrogen and oxygen atoms in total. The van der Waals surface area contributed by atoms with E-state index >= 15 is 0 Å². The molecule has 4 aromatic rings. The molecule has 0 fully saturated rings. The molecule has 0 spiro atoms. The van der Waals surface area contributed by atoms with Crippen LogP contribution in [0, 0.1) is 0 Å². The summed E-state index contributed by atoms with van der Waals surface area (Å²) < 4.78 is 5.76. The van der Waals surface area contributed by atoms with Gasteiger partial charge in [0.1, 0.15) is 17.2 Å². The van der Waals surface area contributed by atoms with Gasteiger partial charge in [0.25, 0.3) is 5.56 Å². The second kappa shape index (κ2) is 6.27. The number of thiophene rings is 1. The van der Waals surface area contributed by atoms with Crippen LogP contribution >= 0.6 is 22.9 Å². The second-order valence-corrected chi connectivity index (χ2v) is 6.67. The zero-order valence-electron chi connectivity index (χ0n) is 12.8. The van der Waals surface area contributed by atoms with Gasteiger partial charge in [-0.1, -0.05) is 23.7 Å². The highest BCUT2D eigenvalue weighted by Gasteiger charge is 2.15. The highest BCUT2D eigenvalue weighted by atomic mass is 35.5. The maximum Gasteiger partial charge on any atom is 0.260 e. The Morgan fingerprint density at radius 2 is 1.96 bits per heavy atom. The summed E-state index contributed by atoms with van der Waals surface area (Å²) >= 11 is 7.49. The number of halogens is 1. The second-order valence-electron chi connectivity index (χ2n) is 5.46. The highest BCUT2D eigenvalue weighted by Crippen LogP contribution is 2.35. The van der Waals surface area contributed by atoms with Gasteiger partial charge in [0.05, 0.1) is 11.1 Å². The van der Waals surface area contributed by atoms with Crippen LogP contribution in [0.2, 0.25) is 5.02 Å². The van der Waals surface area contributed by atoms with Gasteiger partial charge in [0.15, 0.2) is 0 Å². The van der Waals surface area contributed by atoms with Crippen LogP contribution in [0.4, 0.5) is 0 Å². The molecule has 2 N–H and O–H groups in total. The number of rotatable bonds is 3. The van der Waals surface area contributed by atoms with Gasteiger partial charge in [-0.15, -0.1) is 11.3 Å². The fourth-order valence-corrected chi connectivity index (χ4v) is 3.41. The summed E-state index contributed by atoms with van der Waals surface area (Å²) in [6.07, 6.45) is 0. The van der Waals surface area contributed by atoms with Crippen molar-refractivity contribution in [2.24, 2.45) is 0 Å². The van der Waals surface area contributed by atoms with Crippen molar-refractivity contribution in [1.82, 2.24) is 4.98 Å². The van der Waals surface area contributed by atoms with Gasteiger partial charge in [0, 0.05) is 15.8 Å². The average molecular weight is 370 g/mol. The van der Waals surface area contributed by atoms with Crippen molar-refractivity contribution in [3.05, 3.63) is 74.7 Å². The fourth-order valence-electron chi connectivity index (χ4n) is 2.68. The smallest absolute Gasteiger partial charge is 0.260 e. The molecule has 0 unspecified atom stereocenters. The molecule has 0 bridgehead atoms. The van der Waals surface area contributed by atoms with Crippen molar-refractivity contribution >= 4 is 33.8 Å². The molecule has 0 aliphatic carbocycles. The number of hydrogen-bond donors (Lipinski definition) is 2. The van der Waals surface area contributed by atoms with E-state index < -0.39 is 0 Å². The fraction of sp³-hybridized carbons (Fsp3) is 0. The van der Waals surface area contributed by atoms with Gasteiger partial charge in [-0.2, -0.15) is 0 Å². The number of aromatic hydroxyl groups is 1. The topological polar surface area (TPSA) is 62.3 Å². The van der Waals surface area contributed by atoms with Gasteiger partial charge >= 0.3 is 0 Å². The molecule has 25 heavy (non-hydrogen) atoms. The minimum atomic E-state index is -0.389. The summed E-state index contributed by atoms with van der Waals surface area (Å²) in [6, 6.07) is 13.9. The molecule has 0 aliphatic heterocycles. The molecule has 4 rings (SSSR count). The summed E-state index contributed by atoms with van der Waals surface area (Å²) in [5.74, 6) is 1.24. The number of aromatic amines is 1. The van der Waals surface area contributed by atoms with E-state index in [2.05, 4.69) is 4.98 Å². The molecular weight excluding hydrogens is 358 g/mol. The largest absolute Gasteiger partial charge is 0.506 e. The summed E-state index contributed by atoms with van der Waals surface area (Å²) in [5, 5.41) is 15.4. The number of nitrogens with one attached hydrogen (secondary N) is 1. The first-order valence-electron chi connectivity index (χ1n) is 7.47. The van der Waals surface area contributed by atoms with Crippen LogP contribution < -0.4 is 10.3 Å². The molecular formula is C19H12ClNO3S. The van der Waals surface area contributed by atoms with E-state index in [1.54, 1.807) is 42.5 Å². The summed E-state index contributed by atoms with van der Waals surface area (Å²) in [6.45, 7) is 0. The van der Waals surface area contributed by atoms with Crippen LogP contribution in [0.15, 0.2) is 64.1 Å². The van der Waals surface area contributed by atoms with Gasteiger partial charge in [-0.25, -0.2) is 0 Å². The minimum absolute atomic E-state index is 0.0805. The number of pyridine rings is 1. The van der Waals surface area contributed by atoms with E-state index in [1.165, 1.54) is 11.3 Å². The molecule has 0 radical (unpaired) electrons. The van der Waals surface area contributed by atoms with Crippen LogP contribution in [-0.2, 0) is 0 Å². The molecule has 2 heterocycles. The van der Waals surface area contributed by atoms with Crippen molar-refractivity contribution in [2.45, 2.75) is 0 Å². The number of H-pyrrole nitrogens is 1. The predicted octanol–water partition coefficient (Wildman–Crippen LogP) is 5.41. The number of benzene rings is 2. The summed E-state index contributed by atoms with van der Waals surface area (Å²) in [7, 11) is 0. The Balaban J connectivity index is 1.84. The zero-order chi connectivity index (χ0) is 17.4. The predicted molar refractivity (Wildman–Crippen MR) is 101 cm³/mol.